The molecule has 1 saturated heterocycles. The van der Waals surface area contributed by atoms with Crippen molar-refractivity contribution in [1.82, 2.24) is 4.90 Å². The summed E-state index contributed by atoms with van der Waals surface area (Å²) >= 11 is 0. The van der Waals surface area contributed by atoms with Gasteiger partial charge in [-0.1, -0.05) is 6.92 Å². The first kappa shape index (κ1) is 16.7. The molecule has 4 nitrogen and oxygen atoms in total. The van der Waals surface area contributed by atoms with Crippen molar-refractivity contribution in [3.8, 4) is 0 Å². The normalized spacial score (nSPS) is 23.9. The summed E-state index contributed by atoms with van der Waals surface area (Å²) < 4.78 is 5.09. The number of likely N-dealkylation sites (tertiary alicyclic amines) is 1. The third-order valence-corrected chi connectivity index (χ3v) is 3.39. The van der Waals surface area contributed by atoms with Crippen molar-refractivity contribution in [1.29, 1.82) is 0 Å². The predicted molar refractivity (Wildman–Crippen MR) is 71.3 cm³/mol. The Hall–Kier alpha value is -0.320. The summed E-state index contributed by atoms with van der Waals surface area (Å²) in [5.41, 5.74) is 5.89. The summed E-state index contributed by atoms with van der Waals surface area (Å²) in [5.74, 6) is 0.429. The number of halogens is 1. The molecule has 3 atom stereocenters. The van der Waals surface area contributed by atoms with Gasteiger partial charge in [-0.2, -0.15) is 0 Å². The average Bonchev–Trinajstić information content (AvgIpc) is 2.68. The molecular weight excluding hydrogens is 240 g/mol. The quantitative estimate of drug-likeness (QED) is 0.763. The molecule has 0 spiro atoms. The highest BCUT2D eigenvalue weighted by Gasteiger charge is 2.33. The molecule has 1 fully saturated rings. The number of esters is 1. The van der Waals surface area contributed by atoms with Gasteiger partial charge in [0.1, 0.15) is 6.04 Å². The van der Waals surface area contributed by atoms with E-state index < -0.39 is 0 Å². The Morgan fingerprint density at radius 3 is 2.59 bits per heavy atom. The first-order valence-corrected chi connectivity index (χ1v) is 6.26. The van der Waals surface area contributed by atoms with Crippen LogP contribution in [0.5, 0.6) is 0 Å². The van der Waals surface area contributed by atoms with Crippen LogP contribution >= 0.6 is 12.4 Å². The molecule has 0 aromatic carbocycles. The van der Waals surface area contributed by atoms with Gasteiger partial charge in [-0.15, -0.1) is 12.4 Å². The molecule has 3 unspecified atom stereocenters. The minimum absolute atomic E-state index is 0. The Balaban J connectivity index is 0.00000256. The molecule has 17 heavy (non-hydrogen) atoms. The van der Waals surface area contributed by atoms with E-state index in [0.29, 0.717) is 12.5 Å². The topological polar surface area (TPSA) is 55.6 Å². The molecule has 0 amide bonds. The van der Waals surface area contributed by atoms with Crippen molar-refractivity contribution in [2.45, 2.75) is 45.7 Å². The van der Waals surface area contributed by atoms with Crippen LogP contribution < -0.4 is 5.73 Å². The molecule has 102 valence electrons. The summed E-state index contributed by atoms with van der Waals surface area (Å²) in [6, 6.07) is 0.133. The summed E-state index contributed by atoms with van der Waals surface area (Å²) in [6.45, 7) is 8.26. The van der Waals surface area contributed by atoms with Crippen molar-refractivity contribution in [3.63, 3.8) is 0 Å². The van der Waals surface area contributed by atoms with Gasteiger partial charge in [0, 0.05) is 12.6 Å². The van der Waals surface area contributed by atoms with Gasteiger partial charge in [-0.25, -0.2) is 0 Å². The van der Waals surface area contributed by atoms with E-state index in [1.807, 2.05) is 20.8 Å². The van der Waals surface area contributed by atoms with Crippen LogP contribution in [0.1, 0.15) is 33.6 Å². The molecule has 1 rings (SSSR count). The molecule has 0 aromatic heterocycles. The van der Waals surface area contributed by atoms with Gasteiger partial charge < -0.3 is 10.5 Å². The lowest BCUT2D eigenvalue weighted by Gasteiger charge is -2.25. The van der Waals surface area contributed by atoms with E-state index in [0.717, 1.165) is 25.9 Å². The van der Waals surface area contributed by atoms with Crippen molar-refractivity contribution in [3.05, 3.63) is 0 Å². The van der Waals surface area contributed by atoms with Crippen molar-refractivity contribution in [2.75, 3.05) is 19.7 Å². The minimum Gasteiger partial charge on any atom is -0.465 e. The third-order valence-electron chi connectivity index (χ3n) is 3.39. The monoisotopic (exact) mass is 264 g/mol. The van der Waals surface area contributed by atoms with Crippen molar-refractivity contribution in [2.24, 2.45) is 11.7 Å². The molecule has 5 heteroatoms. The van der Waals surface area contributed by atoms with E-state index in [-0.39, 0.29) is 30.5 Å². The number of carbonyl (C=O) groups is 1. The maximum atomic E-state index is 11.7. The lowest BCUT2D eigenvalue weighted by atomic mass is 10.0. The van der Waals surface area contributed by atoms with Crippen LogP contribution in [-0.2, 0) is 9.53 Å². The van der Waals surface area contributed by atoms with E-state index in [9.17, 15) is 4.79 Å². The molecule has 0 radical (unpaired) electrons. The summed E-state index contributed by atoms with van der Waals surface area (Å²) in [5, 5.41) is 0. The van der Waals surface area contributed by atoms with Crippen LogP contribution in [0.2, 0.25) is 0 Å². The second-order valence-corrected chi connectivity index (χ2v) is 4.58. The molecule has 0 aromatic rings. The van der Waals surface area contributed by atoms with Gasteiger partial charge >= 0.3 is 5.97 Å². The SMILES string of the molecule is CCOC(=O)C(CC)N1CCC(C(C)N)C1.Cl. The average molecular weight is 265 g/mol. The second-order valence-electron chi connectivity index (χ2n) is 4.58. The molecule has 1 heterocycles. The van der Waals surface area contributed by atoms with E-state index in [4.69, 9.17) is 10.5 Å². The molecule has 1 aliphatic rings. The van der Waals surface area contributed by atoms with Crippen LogP contribution in [0.4, 0.5) is 0 Å². The lowest BCUT2D eigenvalue weighted by Crippen LogP contribution is -2.41. The standard InChI is InChI=1S/C12H24N2O2.ClH/c1-4-11(12(15)16-5-2)14-7-6-10(8-14)9(3)13;/h9-11H,4-8,13H2,1-3H3;1H. The second kappa shape index (κ2) is 7.90. The smallest absolute Gasteiger partial charge is 0.323 e. The Morgan fingerprint density at radius 2 is 2.18 bits per heavy atom. The number of hydrogen-bond acceptors (Lipinski definition) is 4. The van der Waals surface area contributed by atoms with E-state index >= 15 is 0 Å². The lowest BCUT2D eigenvalue weighted by molar-refractivity contribution is -0.149. The van der Waals surface area contributed by atoms with Gasteiger partial charge in [0.05, 0.1) is 6.61 Å². The minimum atomic E-state index is -0.0877. The zero-order valence-corrected chi connectivity index (χ0v) is 11.8. The predicted octanol–water partition coefficient (Wildman–Crippen LogP) is 1.42. The Morgan fingerprint density at radius 1 is 1.53 bits per heavy atom. The number of nitrogens with two attached hydrogens (primary N) is 1. The molecule has 0 aliphatic carbocycles. The van der Waals surface area contributed by atoms with Crippen LogP contribution in [0.3, 0.4) is 0 Å². The molecule has 2 N–H and O–H groups in total. The van der Waals surface area contributed by atoms with E-state index in [2.05, 4.69) is 4.90 Å². The van der Waals surface area contributed by atoms with Crippen LogP contribution in [0.25, 0.3) is 0 Å². The van der Waals surface area contributed by atoms with Crippen LogP contribution in [0.15, 0.2) is 0 Å². The fourth-order valence-electron chi connectivity index (χ4n) is 2.34. The number of ether oxygens (including phenoxy) is 1. The number of carbonyl (C=O) groups excluding carboxylic acids is 1. The highest BCUT2D eigenvalue weighted by atomic mass is 35.5. The van der Waals surface area contributed by atoms with Crippen LogP contribution in [-0.4, -0.2) is 42.6 Å². The zero-order chi connectivity index (χ0) is 12.1. The summed E-state index contributed by atoms with van der Waals surface area (Å²) in [4.78, 5) is 14.0. The van der Waals surface area contributed by atoms with E-state index in [1.54, 1.807) is 0 Å². The fraction of sp³-hybridized carbons (Fsp3) is 0.917. The fourth-order valence-corrected chi connectivity index (χ4v) is 2.34. The highest BCUT2D eigenvalue weighted by molar-refractivity contribution is 5.85. The number of rotatable bonds is 5. The number of nitrogens with zero attached hydrogens (tertiary/aromatic N) is 1. The molecule has 0 bridgehead atoms. The Kier molecular flexibility index (Phi) is 7.75. The van der Waals surface area contributed by atoms with Gasteiger partial charge in [-0.3, -0.25) is 9.69 Å². The maximum Gasteiger partial charge on any atom is 0.323 e. The Labute approximate surface area is 110 Å². The largest absolute Gasteiger partial charge is 0.465 e. The van der Waals surface area contributed by atoms with Crippen molar-refractivity contribution >= 4 is 18.4 Å². The number of hydrogen-bond donors (Lipinski definition) is 1. The van der Waals surface area contributed by atoms with Gasteiger partial charge in [0.2, 0.25) is 0 Å². The summed E-state index contributed by atoms with van der Waals surface area (Å²) in [6.07, 6.45) is 1.90. The molecular formula is C12H25ClN2O2. The highest BCUT2D eigenvalue weighted by Crippen LogP contribution is 2.22. The van der Waals surface area contributed by atoms with Crippen LogP contribution in [0, 0.1) is 5.92 Å². The van der Waals surface area contributed by atoms with Gasteiger partial charge in [0.15, 0.2) is 0 Å². The van der Waals surface area contributed by atoms with Gasteiger partial charge in [0.25, 0.3) is 0 Å². The first-order valence-electron chi connectivity index (χ1n) is 6.26. The zero-order valence-electron chi connectivity index (χ0n) is 11.0. The first-order chi connectivity index (χ1) is 7.60. The Bertz CT molecular complexity index is 237. The van der Waals surface area contributed by atoms with E-state index in [1.165, 1.54) is 0 Å². The molecule has 0 saturated carbocycles. The van der Waals surface area contributed by atoms with Crippen molar-refractivity contribution < 1.29 is 9.53 Å². The molecule has 1 aliphatic heterocycles. The van der Waals surface area contributed by atoms with Gasteiger partial charge in [-0.05, 0) is 39.2 Å². The summed E-state index contributed by atoms with van der Waals surface area (Å²) in [7, 11) is 0. The maximum absolute atomic E-state index is 11.7. The third kappa shape index (κ3) is 4.45.